The van der Waals surface area contributed by atoms with E-state index in [1.807, 2.05) is 63.2 Å². The molecule has 0 radical (unpaired) electrons. The van der Waals surface area contributed by atoms with Crippen molar-refractivity contribution in [2.75, 3.05) is 42.8 Å². The Bertz CT molecular complexity index is 1010. The number of rotatable bonds is 6. The van der Waals surface area contributed by atoms with E-state index in [9.17, 15) is 9.59 Å². The number of carbonyl (C=O) groups is 2. The molecule has 0 spiro atoms. The fourth-order valence-electron chi connectivity index (χ4n) is 3.58. The number of carbonyl (C=O) groups excluding carboxylic acids is 2. The van der Waals surface area contributed by atoms with Gasteiger partial charge in [0.25, 0.3) is 5.91 Å². The second-order valence-corrected chi connectivity index (χ2v) is 10.0. The van der Waals surface area contributed by atoms with Crippen LogP contribution in [-0.2, 0) is 4.74 Å². The highest BCUT2D eigenvalue weighted by molar-refractivity contribution is 7.98. The minimum atomic E-state index is -0.409. The highest BCUT2D eigenvalue weighted by atomic mass is 32.2. The minimum Gasteiger partial charge on any atom is -0.450 e. The van der Waals surface area contributed by atoms with Gasteiger partial charge in [0.05, 0.1) is 6.61 Å². The van der Waals surface area contributed by atoms with Gasteiger partial charge in [0, 0.05) is 37.6 Å². The molecule has 2 heterocycles. The number of hydrogen-bond acceptors (Lipinski definition) is 7. The molecule has 2 aromatic rings. The van der Waals surface area contributed by atoms with Crippen molar-refractivity contribution in [2.24, 2.45) is 0 Å². The summed E-state index contributed by atoms with van der Waals surface area (Å²) < 4.78 is 5.32. The van der Waals surface area contributed by atoms with Crippen LogP contribution in [-0.4, -0.2) is 60.5 Å². The Balaban J connectivity index is 1.72. The number of amides is 2. The molecule has 8 nitrogen and oxygen atoms in total. The summed E-state index contributed by atoms with van der Waals surface area (Å²) in [5.41, 5.74) is 2.10. The van der Waals surface area contributed by atoms with Crippen LogP contribution in [0, 0.1) is 0 Å². The topological polar surface area (TPSA) is 87.7 Å². The van der Waals surface area contributed by atoms with Gasteiger partial charge in [-0.15, -0.1) is 0 Å². The molecule has 178 valence electrons. The maximum absolute atomic E-state index is 13.4. The lowest BCUT2D eigenvalue weighted by Gasteiger charge is -2.23. The Morgan fingerprint density at radius 2 is 2.06 bits per heavy atom. The molecule has 0 bridgehead atoms. The largest absolute Gasteiger partial charge is 0.450 e. The van der Waals surface area contributed by atoms with E-state index in [1.54, 1.807) is 11.1 Å². The van der Waals surface area contributed by atoms with Gasteiger partial charge in [-0.25, -0.2) is 14.8 Å². The van der Waals surface area contributed by atoms with E-state index < -0.39 is 6.09 Å². The van der Waals surface area contributed by atoms with Gasteiger partial charge in [-0.3, -0.25) is 4.79 Å². The zero-order valence-electron chi connectivity index (χ0n) is 20.2. The highest BCUT2D eigenvalue weighted by Crippen LogP contribution is 2.29. The predicted octanol–water partition coefficient (Wildman–Crippen LogP) is 4.31. The van der Waals surface area contributed by atoms with Gasteiger partial charge < -0.3 is 19.9 Å². The van der Waals surface area contributed by atoms with Crippen molar-refractivity contribution in [1.82, 2.24) is 15.3 Å². The molecule has 1 aromatic heterocycles. The smallest absolute Gasteiger partial charge is 0.407 e. The van der Waals surface area contributed by atoms with Crippen molar-refractivity contribution in [3.63, 3.8) is 0 Å². The first-order chi connectivity index (χ1) is 15.6. The van der Waals surface area contributed by atoms with Crippen molar-refractivity contribution in [3.8, 4) is 0 Å². The van der Waals surface area contributed by atoms with Gasteiger partial charge in [0.1, 0.15) is 11.4 Å². The van der Waals surface area contributed by atoms with Crippen molar-refractivity contribution in [1.29, 1.82) is 0 Å². The first-order valence-electron chi connectivity index (χ1n) is 11.1. The van der Waals surface area contributed by atoms with E-state index in [0.29, 0.717) is 42.7 Å². The van der Waals surface area contributed by atoms with Gasteiger partial charge in [-0.2, -0.15) is 0 Å². The lowest BCUT2D eigenvalue weighted by Crippen LogP contribution is -2.41. The zero-order valence-corrected chi connectivity index (χ0v) is 21.0. The summed E-state index contributed by atoms with van der Waals surface area (Å²) in [5.74, 6) is 0.725. The Labute approximate surface area is 200 Å². The number of benzene rings is 1. The number of fused-ring (bicyclic) bond motifs is 1. The first kappa shape index (κ1) is 24.8. The standard InChI is InChI=1S/C24H33N5O3S/c1-16(10-13-32-23(31)27-24(2,3)4)17-8-7-9-18(14-17)29-12-11-28(5)20-19(21(29)30)15-25-22(26-20)33-6/h7-9,14-16H,10-13H2,1-6H3,(H,27,31). The molecule has 1 N–H and O–H groups in total. The second-order valence-electron chi connectivity index (χ2n) is 9.27. The van der Waals surface area contributed by atoms with E-state index in [0.717, 1.165) is 11.3 Å². The van der Waals surface area contributed by atoms with Crippen LogP contribution in [0.15, 0.2) is 35.6 Å². The molecule has 0 saturated heterocycles. The third-order valence-electron chi connectivity index (χ3n) is 5.44. The Hall–Kier alpha value is -2.81. The summed E-state index contributed by atoms with van der Waals surface area (Å²) in [7, 11) is 1.95. The fourth-order valence-corrected chi connectivity index (χ4v) is 3.92. The molecule has 1 atom stereocenters. The second kappa shape index (κ2) is 10.4. The van der Waals surface area contributed by atoms with Crippen LogP contribution in [0.3, 0.4) is 0 Å². The Morgan fingerprint density at radius 1 is 1.30 bits per heavy atom. The van der Waals surface area contributed by atoms with E-state index in [1.165, 1.54) is 11.8 Å². The van der Waals surface area contributed by atoms with E-state index in [2.05, 4.69) is 22.2 Å². The van der Waals surface area contributed by atoms with Crippen LogP contribution in [0.4, 0.5) is 16.3 Å². The Kier molecular flexibility index (Phi) is 7.84. The zero-order chi connectivity index (χ0) is 24.2. The summed E-state index contributed by atoms with van der Waals surface area (Å²) in [6, 6.07) is 7.99. The maximum Gasteiger partial charge on any atom is 0.407 e. The molecule has 0 aliphatic carbocycles. The minimum absolute atomic E-state index is 0.103. The van der Waals surface area contributed by atoms with Crippen molar-refractivity contribution < 1.29 is 14.3 Å². The number of likely N-dealkylation sites (N-methyl/N-ethyl adjacent to an activating group) is 1. The molecule has 33 heavy (non-hydrogen) atoms. The van der Waals surface area contributed by atoms with E-state index >= 15 is 0 Å². The van der Waals surface area contributed by atoms with Crippen LogP contribution < -0.4 is 15.1 Å². The molecule has 9 heteroatoms. The van der Waals surface area contributed by atoms with Crippen LogP contribution >= 0.6 is 11.8 Å². The molecule has 0 fully saturated rings. The third kappa shape index (κ3) is 6.37. The number of nitrogens with zero attached hydrogens (tertiary/aromatic N) is 4. The van der Waals surface area contributed by atoms with Crippen LogP contribution in [0.5, 0.6) is 0 Å². The third-order valence-corrected chi connectivity index (χ3v) is 6.00. The average molecular weight is 472 g/mol. The average Bonchev–Trinajstić information content (AvgIpc) is 2.88. The lowest BCUT2D eigenvalue weighted by molar-refractivity contribution is 0.0989. The number of ether oxygens (including phenoxy) is 1. The number of aromatic nitrogens is 2. The van der Waals surface area contributed by atoms with Gasteiger partial charge in [-0.1, -0.05) is 30.8 Å². The van der Waals surface area contributed by atoms with Crippen LogP contribution in [0.25, 0.3) is 0 Å². The van der Waals surface area contributed by atoms with E-state index in [4.69, 9.17) is 4.74 Å². The lowest BCUT2D eigenvalue weighted by atomic mass is 9.97. The van der Waals surface area contributed by atoms with Gasteiger partial charge >= 0.3 is 6.09 Å². The molecule has 1 aliphatic heterocycles. The number of anilines is 2. The molecule has 1 aliphatic rings. The van der Waals surface area contributed by atoms with E-state index in [-0.39, 0.29) is 17.4 Å². The molecular formula is C24H33N5O3S. The number of alkyl carbamates (subject to hydrolysis) is 1. The summed E-state index contributed by atoms with van der Waals surface area (Å²) >= 11 is 1.46. The van der Waals surface area contributed by atoms with Crippen LogP contribution in [0.1, 0.15) is 56.0 Å². The summed E-state index contributed by atoms with van der Waals surface area (Å²) in [4.78, 5) is 37.9. The summed E-state index contributed by atoms with van der Waals surface area (Å²) in [5, 5.41) is 3.44. The normalized spacial score (nSPS) is 15.0. The highest BCUT2D eigenvalue weighted by Gasteiger charge is 2.28. The van der Waals surface area contributed by atoms with Gasteiger partial charge in [0.15, 0.2) is 5.16 Å². The predicted molar refractivity (Wildman–Crippen MR) is 132 cm³/mol. The van der Waals surface area contributed by atoms with Crippen molar-refractivity contribution in [2.45, 2.75) is 50.7 Å². The summed E-state index contributed by atoms with van der Waals surface area (Å²) in [6.45, 7) is 9.37. The monoisotopic (exact) mass is 471 g/mol. The van der Waals surface area contributed by atoms with Gasteiger partial charge in [-0.05, 0) is 57.1 Å². The molecule has 1 aromatic carbocycles. The molecule has 3 rings (SSSR count). The van der Waals surface area contributed by atoms with Crippen molar-refractivity contribution in [3.05, 3.63) is 41.6 Å². The molecule has 2 amide bonds. The number of thioether (sulfide) groups is 1. The molecule has 1 unspecified atom stereocenters. The SMILES string of the molecule is CSc1ncc2c(n1)N(C)CCN(c1cccc(C(C)CCOC(=O)NC(C)(C)C)c1)C2=O. The first-order valence-corrected chi connectivity index (χ1v) is 12.3. The Morgan fingerprint density at radius 3 is 2.76 bits per heavy atom. The summed E-state index contributed by atoms with van der Waals surface area (Å²) in [6.07, 6.45) is 3.82. The fraction of sp³-hybridized carbons (Fsp3) is 0.500. The molecular weight excluding hydrogens is 438 g/mol. The van der Waals surface area contributed by atoms with Gasteiger partial charge in [0.2, 0.25) is 0 Å². The van der Waals surface area contributed by atoms with Crippen LogP contribution in [0.2, 0.25) is 0 Å². The molecule has 0 saturated carbocycles. The maximum atomic E-state index is 13.4. The quantitative estimate of drug-likeness (QED) is 0.496. The number of nitrogens with one attached hydrogen (secondary N) is 1. The number of hydrogen-bond donors (Lipinski definition) is 1. The van der Waals surface area contributed by atoms with Crippen molar-refractivity contribution >= 4 is 35.3 Å².